The van der Waals surface area contributed by atoms with Crippen LogP contribution in [0.25, 0.3) is 6.08 Å². The zero-order valence-corrected chi connectivity index (χ0v) is 23.1. The fourth-order valence-electron chi connectivity index (χ4n) is 8.51. The number of methoxy groups -OCH3 is 1. The van der Waals surface area contributed by atoms with Crippen LogP contribution in [0.1, 0.15) is 70.8 Å². The molecule has 0 aromatic heterocycles. The van der Waals surface area contributed by atoms with Crippen LogP contribution in [0, 0.1) is 34.5 Å². The van der Waals surface area contributed by atoms with E-state index in [1.165, 1.54) is 11.6 Å². The maximum absolute atomic E-state index is 13.3. The highest BCUT2D eigenvalue weighted by atomic mass is 16.5. The molecule has 204 valence electrons. The molecule has 0 unspecified atom stereocenters. The van der Waals surface area contributed by atoms with E-state index in [1.807, 2.05) is 30.3 Å². The van der Waals surface area contributed by atoms with E-state index in [1.54, 1.807) is 13.2 Å². The first-order chi connectivity index (χ1) is 18.3. The summed E-state index contributed by atoms with van der Waals surface area (Å²) in [6.45, 7) is 5.58. The standard InChI is InChI=1S/C32H42N2O4/c1-31-16-14-23(35)20-22(31)9-10-24-25-11-12-27(32(25,2)17-15-26(24)31)30(37)34-19-18-33-29(36)13-8-21-6-4-5-7-28(21)38-3/h4-8,13,20,24-27H,9-12,14-19H2,1-3H3,(H,33,36)(H,34,37)/b13-8+/t24-,25-,26-,27+,31-,32-/m0/s1. The maximum Gasteiger partial charge on any atom is 0.244 e. The number of para-hydroxylation sites is 1. The maximum atomic E-state index is 13.3. The van der Waals surface area contributed by atoms with Crippen molar-refractivity contribution in [2.24, 2.45) is 34.5 Å². The molecule has 1 aromatic rings. The molecule has 4 aliphatic carbocycles. The topological polar surface area (TPSA) is 84.5 Å². The highest BCUT2D eigenvalue weighted by Gasteiger charge is 2.60. The normalized spacial score (nSPS) is 34.1. The Morgan fingerprint density at radius 2 is 1.79 bits per heavy atom. The van der Waals surface area contributed by atoms with Crippen molar-refractivity contribution >= 4 is 23.7 Å². The lowest BCUT2D eigenvalue weighted by Gasteiger charge is -2.58. The zero-order valence-electron chi connectivity index (χ0n) is 23.1. The van der Waals surface area contributed by atoms with Gasteiger partial charge in [0.1, 0.15) is 5.75 Å². The van der Waals surface area contributed by atoms with Gasteiger partial charge in [-0.25, -0.2) is 0 Å². The molecule has 1 aromatic carbocycles. The number of ketones is 1. The minimum absolute atomic E-state index is 0.0345. The summed E-state index contributed by atoms with van der Waals surface area (Å²) in [7, 11) is 1.61. The summed E-state index contributed by atoms with van der Waals surface area (Å²) in [6.07, 6.45) is 13.4. The van der Waals surface area contributed by atoms with Gasteiger partial charge >= 0.3 is 0 Å². The first-order valence-corrected chi connectivity index (χ1v) is 14.4. The van der Waals surface area contributed by atoms with Crippen LogP contribution in [0.4, 0.5) is 0 Å². The molecule has 6 heteroatoms. The highest BCUT2D eigenvalue weighted by Crippen LogP contribution is 2.66. The summed E-state index contributed by atoms with van der Waals surface area (Å²) in [5, 5.41) is 5.98. The van der Waals surface area contributed by atoms with Crippen molar-refractivity contribution in [3.8, 4) is 5.75 Å². The molecule has 0 heterocycles. The second-order valence-corrected chi connectivity index (χ2v) is 12.3. The van der Waals surface area contributed by atoms with Crippen molar-refractivity contribution in [1.82, 2.24) is 10.6 Å². The lowest BCUT2D eigenvalue weighted by molar-refractivity contribution is -0.132. The molecular weight excluding hydrogens is 476 g/mol. The molecule has 0 saturated heterocycles. The number of fused-ring (bicyclic) bond motifs is 5. The fraction of sp³-hybridized carbons (Fsp3) is 0.594. The molecule has 2 amide bonds. The fourth-order valence-corrected chi connectivity index (χ4v) is 8.51. The van der Waals surface area contributed by atoms with Gasteiger partial charge in [0.25, 0.3) is 0 Å². The Kier molecular flexibility index (Phi) is 7.52. The number of carbonyl (C=O) groups excluding carboxylic acids is 3. The molecule has 3 saturated carbocycles. The monoisotopic (exact) mass is 518 g/mol. The van der Waals surface area contributed by atoms with Crippen molar-refractivity contribution in [1.29, 1.82) is 0 Å². The average molecular weight is 519 g/mol. The van der Waals surface area contributed by atoms with Crippen molar-refractivity contribution in [2.75, 3.05) is 20.2 Å². The number of amides is 2. The lowest BCUT2D eigenvalue weighted by atomic mass is 9.47. The van der Waals surface area contributed by atoms with Crippen molar-refractivity contribution in [3.63, 3.8) is 0 Å². The van der Waals surface area contributed by atoms with Crippen LogP contribution in [0.3, 0.4) is 0 Å². The minimum atomic E-state index is -0.194. The zero-order chi connectivity index (χ0) is 26.9. The van der Waals surface area contributed by atoms with Gasteiger partial charge in [0.05, 0.1) is 7.11 Å². The predicted octanol–water partition coefficient (Wildman–Crippen LogP) is 5.09. The summed E-state index contributed by atoms with van der Waals surface area (Å²) < 4.78 is 5.31. The Morgan fingerprint density at radius 1 is 1.00 bits per heavy atom. The van der Waals surface area contributed by atoms with Crippen molar-refractivity contribution < 1.29 is 19.1 Å². The summed E-state index contributed by atoms with van der Waals surface area (Å²) >= 11 is 0. The van der Waals surface area contributed by atoms with E-state index >= 15 is 0 Å². The van der Waals surface area contributed by atoms with E-state index in [0.717, 1.165) is 50.5 Å². The molecule has 38 heavy (non-hydrogen) atoms. The molecule has 6 nitrogen and oxygen atoms in total. The van der Waals surface area contributed by atoms with Gasteiger partial charge in [0.15, 0.2) is 5.78 Å². The predicted molar refractivity (Wildman–Crippen MR) is 148 cm³/mol. The van der Waals surface area contributed by atoms with Crippen molar-refractivity contribution in [3.05, 3.63) is 47.6 Å². The number of rotatable bonds is 7. The van der Waals surface area contributed by atoms with Gasteiger partial charge in [-0.1, -0.05) is 37.6 Å². The van der Waals surface area contributed by atoms with Crippen LogP contribution in [0.2, 0.25) is 0 Å². The van der Waals surface area contributed by atoms with Gasteiger partial charge in [0.2, 0.25) is 11.8 Å². The van der Waals surface area contributed by atoms with Gasteiger partial charge in [-0.3, -0.25) is 14.4 Å². The Bertz CT molecular complexity index is 1160. The van der Waals surface area contributed by atoms with Crippen LogP contribution in [0.5, 0.6) is 5.75 Å². The molecule has 6 atom stereocenters. The van der Waals surface area contributed by atoms with E-state index in [-0.39, 0.29) is 28.6 Å². The number of carbonyl (C=O) groups is 3. The average Bonchev–Trinajstić information content (AvgIpc) is 3.27. The van der Waals surface area contributed by atoms with Gasteiger partial charge in [-0.15, -0.1) is 0 Å². The van der Waals surface area contributed by atoms with Crippen LogP contribution in [-0.2, 0) is 14.4 Å². The van der Waals surface area contributed by atoms with E-state index in [4.69, 9.17) is 4.74 Å². The molecule has 3 fully saturated rings. The Hall–Kier alpha value is -2.89. The SMILES string of the molecule is COc1ccccc1/C=C/C(=O)NCCNC(=O)[C@H]1CC[C@H]2[C@@H]3CCC4=CC(=O)CC[C@]4(C)[C@H]3CC[C@]12C. The summed E-state index contributed by atoms with van der Waals surface area (Å²) in [4.78, 5) is 37.7. The number of hydrogen-bond acceptors (Lipinski definition) is 4. The number of ether oxygens (including phenoxy) is 1. The van der Waals surface area contributed by atoms with Crippen molar-refractivity contribution in [2.45, 2.75) is 65.2 Å². The van der Waals surface area contributed by atoms with E-state index in [9.17, 15) is 14.4 Å². The van der Waals surface area contributed by atoms with Gasteiger partial charge in [-0.2, -0.15) is 0 Å². The number of allylic oxidation sites excluding steroid dienone is 1. The van der Waals surface area contributed by atoms with Crippen LogP contribution < -0.4 is 15.4 Å². The van der Waals surface area contributed by atoms with Gasteiger partial charge in [-0.05, 0) is 91.7 Å². The first kappa shape index (κ1) is 26.7. The highest BCUT2D eigenvalue weighted by molar-refractivity contribution is 5.92. The van der Waals surface area contributed by atoms with E-state index < -0.39 is 0 Å². The van der Waals surface area contributed by atoms with E-state index in [0.29, 0.717) is 48.8 Å². The van der Waals surface area contributed by atoms with Gasteiger partial charge in [0, 0.05) is 37.1 Å². The third-order valence-electron chi connectivity index (χ3n) is 10.6. The molecule has 5 rings (SSSR count). The lowest BCUT2D eigenvalue weighted by Crippen LogP contribution is -2.52. The number of hydrogen-bond donors (Lipinski definition) is 2. The molecule has 0 bridgehead atoms. The summed E-state index contributed by atoms with van der Waals surface area (Å²) in [5.41, 5.74) is 2.43. The first-order valence-electron chi connectivity index (χ1n) is 14.4. The summed E-state index contributed by atoms with van der Waals surface area (Å²) in [5.74, 6) is 2.86. The second-order valence-electron chi connectivity index (χ2n) is 12.3. The largest absolute Gasteiger partial charge is 0.496 e. The minimum Gasteiger partial charge on any atom is -0.496 e. The molecule has 2 N–H and O–H groups in total. The Labute approximate surface area is 226 Å². The van der Waals surface area contributed by atoms with Gasteiger partial charge < -0.3 is 15.4 Å². The summed E-state index contributed by atoms with van der Waals surface area (Å²) in [6, 6.07) is 7.54. The third kappa shape index (κ3) is 4.83. The van der Waals surface area contributed by atoms with Crippen LogP contribution in [0.15, 0.2) is 42.0 Å². The molecule has 4 aliphatic rings. The number of benzene rings is 1. The Balaban J connectivity index is 1.13. The second kappa shape index (κ2) is 10.7. The van der Waals surface area contributed by atoms with Crippen LogP contribution >= 0.6 is 0 Å². The quantitative estimate of drug-likeness (QED) is 0.389. The number of nitrogens with one attached hydrogen (secondary N) is 2. The molecule has 0 radical (unpaired) electrons. The molecule has 0 spiro atoms. The van der Waals surface area contributed by atoms with E-state index in [2.05, 4.69) is 24.5 Å². The van der Waals surface area contributed by atoms with Crippen LogP contribution in [-0.4, -0.2) is 37.8 Å². The Morgan fingerprint density at radius 3 is 2.61 bits per heavy atom. The molecule has 0 aliphatic heterocycles. The molecular formula is C32H42N2O4. The third-order valence-corrected chi connectivity index (χ3v) is 10.6. The smallest absolute Gasteiger partial charge is 0.244 e.